The Morgan fingerprint density at radius 3 is 2.72 bits per heavy atom. The van der Waals surface area contributed by atoms with E-state index in [1.807, 2.05) is 18.1 Å². The van der Waals surface area contributed by atoms with Gasteiger partial charge in [-0.1, -0.05) is 0 Å². The molecular weight excluding hydrogens is 236 g/mol. The molecule has 0 aliphatic rings. The fourth-order valence-corrected chi connectivity index (χ4v) is 1.67. The summed E-state index contributed by atoms with van der Waals surface area (Å²) in [7, 11) is 3.62. The lowest BCUT2D eigenvalue weighted by Gasteiger charge is -2.21. The zero-order valence-corrected chi connectivity index (χ0v) is 10.8. The normalized spacial score (nSPS) is 12.4. The summed E-state index contributed by atoms with van der Waals surface area (Å²) in [5, 5.41) is 15.4. The van der Waals surface area contributed by atoms with Gasteiger partial charge < -0.3 is 10.4 Å². The molecule has 7 heteroatoms. The van der Waals surface area contributed by atoms with Crippen molar-refractivity contribution in [2.45, 2.75) is 19.5 Å². The summed E-state index contributed by atoms with van der Waals surface area (Å²) in [4.78, 5) is 23.7. The molecule has 0 fully saturated rings. The smallest absolute Gasteiger partial charge is 0.327 e. The molecule has 0 aliphatic heterocycles. The molecule has 0 aliphatic carbocycles. The Kier molecular flexibility index (Phi) is 4.85. The standard InChI is InChI=1S/C11H18N4O3/c1-8(16)13-10(11(17)18)7-14(2)5-9-4-12-15(3)6-9/h4,6,10H,5,7H2,1-3H3,(H,13,16)(H,17,18). The van der Waals surface area contributed by atoms with Crippen LogP contribution in [-0.4, -0.2) is 51.3 Å². The Labute approximate surface area is 105 Å². The third kappa shape index (κ3) is 4.54. The molecular formula is C11H18N4O3. The van der Waals surface area contributed by atoms with Gasteiger partial charge in [-0.2, -0.15) is 5.10 Å². The summed E-state index contributed by atoms with van der Waals surface area (Å²) in [5.41, 5.74) is 0.993. The monoisotopic (exact) mass is 254 g/mol. The third-order valence-corrected chi connectivity index (χ3v) is 2.38. The Balaban J connectivity index is 2.53. The molecule has 0 aromatic carbocycles. The van der Waals surface area contributed by atoms with Gasteiger partial charge >= 0.3 is 5.97 Å². The second-order valence-electron chi connectivity index (χ2n) is 4.31. The first-order valence-corrected chi connectivity index (χ1v) is 5.54. The average molecular weight is 254 g/mol. The lowest BCUT2D eigenvalue weighted by Crippen LogP contribution is -2.46. The van der Waals surface area contributed by atoms with Crippen molar-refractivity contribution in [2.24, 2.45) is 7.05 Å². The number of amides is 1. The van der Waals surface area contributed by atoms with Crippen molar-refractivity contribution in [3.8, 4) is 0 Å². The van der Waals surface area contributed by atoms with E-state index in [4.69, 9.17) is 5.11 Å². The molecule has 1 amide bonds. The van der Waals surface area contributed by atoms with Crippen molar-refractivity contribution in [1.82, 2.24) is 20.0 Å². The van der Waals surface area contributed by atoms with E-state index in [0.29, 0.717) is 6.54 Å². The minimum absolute atomic E-state index is 0.240. The van der Waals surface area contributed by atoms with Gasteiger partial charge in [0.15, 0.2) is 0 Å². The molecule has 0 spiro atoms. The Morgan fingerprint density at radius 2 is 2.28 bits per heavy atom. The largest absolute Gasteiger partial charge is 0.480 e. The van der Waals surface area contributed by atoms with Crippen molar-refractivity contribution in [3.63, 3.8) is 0 Å². The molecule has 0 saturated carbocycles. The van der Waals surface area contributed by atoms with E-state index in [0.717, 1.165) is 5.56 Å². The molecule has 18 heavy (non-hydrogen) atoms. The van der Waals surface area contributed by atoms with Gasteiger partial charge in [0.2, 0.25) is 5.91 Å². The molecule has 1 rings (SSSR count). The lowest BCUT2D eigenvalue weighted by atomic mass is 10.2. The molecule has 1 atom stereocenters. The maximum absolute atomic E-state index is 11.0. The number of nitrogens with one attached hydrogen (secondary N) is 1. The highest BCUT2D eigenvalue weighted by atomic mass is 16.4. The summed E-state index contributed by atoms with van der Waals surface area (Å²) in [6.45, 7) is 2.12. The molecule has 1 aromatic heterocycles. The minimum atomic E-state index is -1.04. The number of carboxylic acids is 1. The number of carbonyl (C=O) groups excluding carboxylic acids is 1. The van der Waals surface area contributed by atoms with E-state index < -0.39 is 12.0 Å². The second-order valence-corrected chi connectivity index (χ2v) is 4.31. The van der Waals surface area contributed by atoms with Crippen LogP contribution in [0.2, 0.25) is 0 Å². The second kappa shape index (κ2) is 6.15. The Bertz CT molecular complexity index is 430. The summed E-state index contributed by atoms with van der Waals surface area (Å²) in [5.74, 6) is -1.39. The number of aliphatic carboxylic acids is 1. The van der Waals surface area contributed by atoms with Crippen LogP contribution in [0, 0.1) is 0 Å². The minimum Gasteiger partial charge on any atom is -0.480 e. The predicted octanol–water partition coefficient (Wildman–Crippen LogP) is -0.559. The van der Waals surface area contributed by atoms with E-state index in [1.165, 1.54) is 6.92 Å². The SMILES string of the molecule is CC(=O)NC(CN(C)Cc1cnn(C)c1)C(=O)O. The first-order chi connectivity index (χ1) is 8.38. The quantitative estimate of drug-likeness (QED) is 0.710. The molecule has 1 unspecified atom stereocenters. The van der Waals surface area contributed by atoms with E-state index in [9.17, 15) is 9.59 Å². The van der Waals surface area contributed by atoms with Crippen molar-refractivity contribution >= 4 is 11.9 Å². The fraction of sp³-hybridized carbons (Fsp3) is 0.545. The average Bonchev–Trinajstić information content (AvgIpc) is 2.62. The molecule has 0 saturated heterocycles. The number of aryl methyl sites for hydroxylation is 1. The van der Waals surface area contributed by atoms with Gasteiger partial charge in [0.1, 0.15) is 6.04 Å². The van der Waals surface area contributed by atoms with Crippen molar-refractivity contribution < 1.29 is 14.7 Å². The first kappa shape index (κ1) is 14.2. The summed E-state index contributed by atoms with van der Waals surface area (Å²) >= 11 is 0. The van der Waals surface area contributed by atoms with Crippen LogP contribution >= 0.6 is 0 Å². The van der Waals surface area contributed by atoms with E-state index in [2.05, 4.69) is 10.4 Å². The van der Waals surface area contributed by atoms with Crippen molar-refractivity contribution in [1.29, 1.82) is 0 Å². The number of hydrogen-bond donors (Lipinski definition) is 2. The molecule has 0 radical (unpaired) electrons. The number of carbonyl (C=O) groups is 2. The molecule has 1 heterocycles. The molecule has 1 aromatic rings. The summed E-state index contributed by atoms with van der Waals surface area (Å²) in [6.07, 6.45) is 3.59. The number of likely N-dealkylation sites (N-methyl/N-ethyl adjacent to an activating group) is 1. The molecule has 100 valence electrons. The van der Waals surface area contributed by atoms with E-state index in [1.54, 1.807) is 17.9 Å². The predicted molar refractivity (Wildman–Crippen MR) is 64.8 cm³/mol. The van der Waals surface area contributed by atoms with Gasteiger partial charge in [-0.3, -0.25) is 14.4 Å². The van der Waals surface area contributed by atoms with Crippen LogP contribution in [0.4, 0.5) is 0 Å². The Hall–Kier alpha value is -1.89. The molecule has 0 bridgehead atoms. The van der Waals surface area contributed by atoms with Gasteiger partial charge in [-0.25, -0.2) is 4.79 Å². The zero-order valence-electron chi connectivity index (χ0n) is 10.8. The lowest BCUT2D eigenvalue weighted by molar-refractivity contribution is -0.142. The number of nitrogens with zero attached hydrogens (tertiary/aromatic N) is 3. The van der Waals surface area contributed by atoms with Gasteiger partial charge in [0.05, 0.1) is 6.20 Å². The van der Waals surface area contributed by atoms with E-state index in [-0.39, 0.29) is 12.5 Å². The van der Waals surface area contributed by atoms with Crippen LogP contribution in [-0.2, 0) is 23.2 Å². The summed E-state index contributed by atoms with van der Waals surface area (Å²) in [6, 6.07) is -0.899. The van der Waals surface area contributed by atoms with Crippen LogP contribution in [0.15, 0.2) is 12.4 Å². The highest BCUT2D eigenvalue weighted by Gasteiger charge is 2.20. The summed E-state index contributed by atoms with van der Waals surface area (Å²) < 4.78 is 1.69. The van der Waals surface area contributed by atoms with Crippen molar-refractivity contribution in [3.05, 3.63) is 18.0 Å². The topological polar surface area (TPSA) is 87.5 Å². The van der Waals surface area contributed by atoms with Gasteiger partial charge in [0, 0.05) is 38.8 Å². The number of hydrogen-bond acceptors (Lipinski definition) is 4. The fourth-order valence-electron chi connectivity index (χ4n) is 1.67. The highest BCUT2D eigenvalue weighted by molar-refractivity contribution is 5.82. The zero-order chi connectivity index (χ0) is 13.7. The van der Waals surface area contributed by atoms with Gasteiger partial charge in [-0.05, 0) is 7.05 Å². The first-order valence-electron chi connectivity index (χ1n) is 5.54. The number of rotatable bonds is 6. The van der Waals surface area contributed by atoms with Crippen LogP contribution in [0.25, 0.3) is 0 Å². The van der Waals surface area contributed by atoms with Crippen LogP contribution in [0.1, 0.15) is 12.5 Å². The maximum atomic E-state index is 11.0. The van der Waals surface area contributed by atoms with Crippen LogP contribution < -0.4 is 5.32 Å². The van der Waals surface area contributed by atoms with Crippen LogP contribution in [0.3, 0.4) is 0 Å². The third-order valence-electron chi connectivity index (χ3n) is 2.38. The van der Waals surface area contributed by atoms with Gasteiger partial charge in [0.25, 0.3) is 0 Å². The van der Waals surface area contributed by atoms with Crippen molar-refractivity contribution in [2.75, 3.05) is 13.6 Å². The molecule has 7 nitrogen and oxygen atoms in total. The van der Waals surface area contributed by atoms with Crippen LogP contribution in [0.5, 0.6) is 0 Å². The van der Waals surface area contributed by atoms with Gasteiger partial charge in [-0.15, -0.1) is 0 Å². The molecule has 2 N–H and O–H groups in total. The Morgan fingerprint density at radius 1 is 1.61 bits per heavy atom. The maximum Gasteiger partial charge on any atom is 0.327 e. The number of carboxylic acid groups (broad SMARTS) is 1. The highest BCUT2D eigenvalue weighted by Crippen LogP contribution is 2.02. The number of aromatic nitrogens is 2. The van der Waals surface area contributed by atoms with E-state index >= 15 is 0 Å².